The Bertz CT molecular complexity index is 1900. The molecule has 9 heteroatoms. The average molecular weight is 1240 g/mol. The van der Waals surface area contributed by atoms with E-state index in [1.165, 1.54) is 180 Å². The number of amides is 1. The first-order valence-corrected chi connectivity index (χ1v) is 38.0. The van der Waals surface area contributed by atoms with Crippen molar-refractivity contribution in [2.45, 2.75) is 321 Å². The monoisotopic (exact) mass is 1240 g/mol. The molecular formula is C79H139N2O6P. The number of likely N-dealkylation sites (N-methyl/N-ethyl adjacent to an activating group) is 1. The lowest BCUT2D eigenvalue weighted by molar-refractivity contribution is -0.870. The minimum absolute atomic E-state index is 0.0153. The van der Waals surface area contributed by atoms with Crippen LogP contribution in [0.1, 0.15) is 309 Å². The summed E-state index contributed by atoms with van der Waals surface area (Å²) in [5.74, 6) is -0.221. The average Bonchev–Trinajstić information content (AvgIpc) is 3.64. The molecule has 88 heavy (non-hydrogen) atoms. The lowest BCUT2D eigenvalue weighted by Crippen LogP contribution is -2.45. The quantitative estimate of drug-likeness (QED) is 0.0272. The van der Waals surface area contributed by atoms with Gasteiger partial charge in [-0.2, -0.15) is 0 Å². The predicted octanol–water partition coefficient (Wildman–Crippen LogP) is 23.1. The van der Waals surface area contributed by atoms with Gasteiger partial charge < -0.3 is 28.8 Å². The van der Waals surface area contributed by atoms with Gasteiger partial charge in [-0.15, -0.1) is 0 Å². The summed E-state index contributed by atoms with van der Waals surface area (Å²) in [4.78, 5) is 25.7. The van der Waals surface area contributed by atoms with E-state index in [-0.39, 0.29) is 12.5 Å². The molecule has 1 amide bonds. The first-order valence-electron chi connectivity index (χ1n) is 36.5. The summed E-state index contributed by atoms with van der Waals surface area (Å²) in [7, 11) is 1.22. The molecule has 0 fully saturated rings. The van der Waals surface area contributed by atoms with Gasteiger partial charge in [0.2, 0.25) is 5.91 Å². The highest BCUT2D eigenvalue weighted by Gasteiger charge is 2.23. The van der Waals surface area contributed by atoms with Crippen molar-refractivity contribution in [2.24, 2.45) is 0 Å². The molecule has 0 radical (unpaired) electrons. The zero-order valence-electron chi connectivity index (χ0n) is 57.9. The van der Waals surface area contributed by atoms with Gasteiger partial charge >= 0.3 is 0 Å². The van der Waals surface area contributed by atoms with E-state index < -0.39 is 26.6 Å². The highest BCUT2D eigenvalue weighted by atomic mass is 31.2. The summed E-state index contributed by atoms with van der Waals surface area (Å²) < 4.78 is 23.4. The number of quaternary nitrogens is 1. The predicted molar refractivity (Wildman–Crippen MR) is 385 cm³/mol. The van der Waals surface area contributed by atoms with Crippen molar-refractivity contribution < 1.29 is 32.9 Å². The van der Waals surface area contributed by atoms with Gasteiger partial charge in [0.1, 0.15) is 13.2 Å². The van der Waals surface area contributed by atoms with Crippen molar-refractivity contribution in [3.63, 3.8) is 0 Å². The molecule has 0 rings (SSSR count). The van der Waals surface area contributed by atoms with Crippen LogP contribution in [0.3, 0.4) is 0 Å². The Morgan fingerprint density at radius 1 is 0.409 bits per heavy atom. The SMILES string of the molecule is CC/C=C\C/C=C\C/C=C\C/C=C\C/C=C\C/C=C\C/C=C\C/C=C\C/C=C\CCCCCCCCCC(=O)NC(COP(=O)([O-])OCC[N+](C)(C)C)C(O)/C=C/CC/C=C/CCCCCCCCCCCCCCCCCCCCCCCCCCC. The minimum Gasteiger partial charge on any atom is -0.756 e. The van der Waals surface area contributed by atoms with Crippen LogP contribution in [0.25, 0.3) is 0 Å². The number of aliphatic hydroxyl groups excluding tert-OH is 1. The molecule has 0 aliphatic heterocycles. The third kappa shape index (κ3) is 70.1. The fraction of sp³-hybridized carbons (Fsp3) is 0.709. The molecule has 0 bridgehead atoms. The largest absolute Gasteiger partial charge is 0.756 e. The maximum absolute atomic E-state index is 13.0. The van der Waals surface area contributed by atoms with Crippen LogP contribution in [0.5, 0.6) is 0 Å². The molecule has 0 aliphatic carbocycles. The van der Waals surface area contributed by atoms with Crippen molar-refractivity contribution in [1.82, 2.24) is 5.32 Å². The third-order valence-corrected chi connectivity index (χ3v) is 16.8. The fourth-order valence-corrected chi connectivity index (χ4v) is 10.9. The molecule has 0 aromatic rings. The third-order valence-electron chi connectivity index (χ3n) is 15.8. The first kappa shape index (κ1) is 84.6. The molecule has 0 saturated heterocycles. The molecule has 3 atom stereocenters. The van der Waals surface area contributed by atoms with Gasteiger partial charge in [-0.1, -0.05) is 334 Å². The Morgan fingerprint density at radius 3 is 1.06 bits per heavy atom. The summed E-state index contributed by atoms with van der Waals surface area (Å²) in [6.45, 7) is 4.52. The Morgan fingerprint density at radius 2 is 0.705 bits per heavy atom. The van der Waals surface area contributed by atoms with E-state index in [1.54, 1.807) is 6.08 Å². The molecule has 0 aromatic carbocycles. The van der Waals surface area contributed by atoms with Crippen molar-refractivity contribution in [3.8, 4) is 0 Å². The number of phosphoric ester groups is 1. The van der Waals surface area contributed by atoms with E-state index >= 15 is 0 Å². The summed E-state index contributed by atoms with van der Waals surface area (Å²) in [5.41, 5.74) is 0. The molecule has 0 aromatic heterocycles. The Balaban J connectivity index is 4.17. The summed E-state index contributed by atoms with van der Waals surface area (Å²) >= 11 is 0. The van der Waals surface area contributed by atoms with Crippen LogP contribution in [-0.4, -0.2) is 68.5 Å². The second kappa shape index (κ2) is 68.0. The molecule has 0 spiro atoms. The second-order valence-corrected chi connectivity index (χ2v) is 27.0. The zero-order valence-corrected chi connectivity index (χ0v) is 58.8. The molecule has 8 nitrogen and oxygen atoms in total. The van der Waals surface area contributed by atoms with E-state index in [9.17, 15) is 19.4 Å². The number of carbonyl (C=O) groups excluding carboxylic acids is 1. The van der Waals surface area contributed by atoms with Gasteiger partial charge in [-0.3, -0.25) is 9.36 Å². The van der Waals surface area contributed by atoms with E-state index in [0.717, 1.165) is 109 Å². The van der Waals surface area contributed by atoms with Crippen molar-refractivity contribution in [2.75, 3.05) is 40.9 Å². The summed E-state index contributed by atoms with van der Waals surface area (Å²) in [6, 6.07) is -0.922. The highest BCUT2D eigenvalue weighted by Crippen LogP contribution is 2.38. The number of unbranched alkanes of at least 4 members (excludes halogenated alkanes) is 33. The number of carbonyl (C=O) groups is 1. The zero-order chi connectivity index (χ0) is 64.1. The van der Waals surface area contributed by atoms with Crippen LogP contribution in [0.2, 0.25) is 0 Å². The molecule has 0 aliphatic rings. The molecule has 0 saturated carbocycles. The van der Waals surface area contributed by atoms with Gasteiger partial charge in [0.15, 0.2) is 0 Å². The molecular weight excluding hydrogens is 1100 g/mol. The molecule has 0 heterocycles. The van der Waals surface area contributed by atoms with E-state index in [4.69, 9.17) is 9.05 Å². The molecule has 506 valence electrons. The van der Waals surface area contributed by atoms with Crippen LogP contribution in [-0.2, 0) is 18.4 Å². The Hall–Kier alpha value is -3.36. The van der Waals surface area contributed by atoms with Gasteiger partial charge in [0.25, 0.3) is 7.82 Å². The fourth-order valence-electron chi connectivity index (χ4n) is 10.2. The minimum atomic E-state index is -4.63. The number of hydrogen-bond donors (Lipinski definition) is 2. The van der Waals surface area contributed by atoms with E-state index in [2.05, 4.69) is 141 Å². The van der Waals surface area contributed by atoms with Crippen LogP contribution in [0.15, 0.2) is 134 Å². The van der Waals surface area contributed by atoms with Gasteiger partial charge in [-0.05, 0) is 103 Å². The lowest BCUT2D eigenvalue weighted by Gasteiger charge is -2.29. The van der Waals surface area contributed by atoms with Crippen LogP contribution < -0.4 is 10.2 Å². The second-order valence-electron chi connectivity index (χ2n) is 25.6. The summed E-state index contributed by atoms with van der Waals surface area (Å²) in [6.07, 6.45) is 103. The highest BCUT2D eigenvalue weighted by molar-refractivity contribution is 7.45. The molecule has 2 N–H and O–H groups in total. The number of phosphoric acid groups is 1. The topological polar surface area (TPSA) is 108 Å². The maximum Gasteiger partial charge on any atom is 0.268 e. The number of hydrogen-bond acceptors (Lipinski definition) is 6. The van der Waals surface area contributed by atoms with Gasteiger partial charge in [0, 0.05) is 6.42 Å². The lowest BCUT2D eigenvalue weighted by atomic mass is 10.0. The van der Waals surface area contributed by atoms with Crippen molar-refractivity contribution in [3.05, 3.63) is 134 Å². The van der Waals surface area contributed by atoms with Crippen LogP contribution in [0, 0.1) is 0 Å². The maximum atomic E-state index is 13.0. The first-order chi connectivity index (χ1) is 43.0. The number of nitrogens with zero attached hydrogens (tertiary/aromatic N) is 1. The molecule has 3 unspecified atom stereocenters. The van der Waals surface area contributed by atoms with Crippen LogP contribution in [0.4, 0.5) is 0 Å². The number of allylic oxidation sites excluding steroid dienone is 21. The smallest absolute Gasteiger partial charge is 0.268 e. The number of nitrogens with one attached hydrogen (secondary N) is 1. The Labute approximate surface area is 545 Å². The standard InChI is InChI=1S/C79H139N2O6P/c1-6-8-10-12-14-16-18-20-22-24-26-28-30-32-34-36-38-39-40-41-43-45-47-49-51-53-55-57-59-61-63-65-67-69-71-73-79(83)80-77(76-87-88(84,85)86-75-74-81(3,4)5)78(82)72-70-68-66-64-62-60-58-56-54-52-50-48-46-44-42-37-35-33-31-29-27-25-23-21-19-17-15-13-11-9-7-2/h8,10,14,16,20,22,26,28,32,34,38-39,41,43,47,49,53,55,62,64,70,72,77-78,82H,6-7,9,11-13,15,17-19,21,23-25,27,29-31,33,35-37,40,42,44-46,48,50-52,54,56-61,63,65-69,71,73-76H2,1-5H3,(H-,80,83,84,85)/b10-8-,16-14-,22-20-,28-26-,34-32-,39-38-,43-41-,49-47-,55-53-,64-62+,72-70+. The normalized spacial score (nSPS) is 14.4. The van der Waals surface area contributed by atoms with E-state index in [1.807, 2.05) is 27.2 Å². The van der Waals surface area contributed by atoms with E-state index in [0.29, 0.717) is 17.4 Å². The van der Waals surface area contributed by atoms with Crippen molar-refractivity contribution in [1.29, 1.82) is 0 Å². The Kier molecular flexibility index (Phi) is 65.4. The number of aliphatic hydroxyl groups is 1. The summed E-state index contributed by atoms with van der Waals surface area (Å²) in [5, 5.41) is 13.9. The van der Waals surface area contributed by atoms with Gasteiger partial charge in [-0.25, -0.2) is 0 Å². The van der Waals surface area contributed by atoms with Crippen molar-refractivity contribution >= 4 is 13.7 Å². The van der Waals surface area contributed by atoms with Gasteiger partial charge in [0.05, 0.1) is 39.9 Å². The number of rotatable bonds is 66. The van der Waals surface area contributed by atoms with Crippen LogP contribution >= 0.6 is 7.82 Å².